The first-order valence-electron chi connectivity index (χ1n) is 10.6. The molecule has 2 aliphatic heterocycles. The minimum atomic E-state index is -4.28. The molecule has 0 bridgehead atoms. The molecule has 0 aliphatic carbocycles. The number of piperazine rings is 1. The summed E-state index contributed by atoms with van der Waals surface area (Å²) in [4.78, 5) is 9.34. The van der Waals surface area contributed by atoms with Crippen molar-refractivity contribution in [2.24, 2.45) is 4.99 Å². The molecule has 1 N–H and O–H groups in total. The molecule has 3 rings (SSSR count). The lowest BCUT2D eigenvalue weighted by atomic mass is 10.1. The summed E-state index contributed by atoms with van der Waals surface area (Å²) in [5.41, 5.74) is 1.73. The maximum absolute atomic E-state index is 12.7. The molecule has 2 heterocycles. The molecule has 0 saturated carbocycles. The number of benzene rings is 1. The van der Waals surface area contributed by atoms with E-state index in [1.807, 2.05) is 0 Å². The van der Waals surface area contributed by atoms with Crippen LogP contribution in [0.3, 0.4) is 0 Å². The van der Waals surface area contributed by atoms with Gasteiger partial charge in [0.05, 0.1) is 18.8 Å². The Labute approximate surface area is 199 Å². The second-order valence-corrected chi connectivity index (χ2v) is 7.63. The lowest BCUT2D eigenvalue weighted by Crippen LogP contribution is -2.52. The van der Waals surface area contributed by atoms with Crippen molar-refractivity contribution in [2.45, 2.75) is 32.5 Å². The van der Waals surface area contributed by atoms with E-state index < -0.39 is 11.7 Å². The average Bonchev–Trinajstić information content (AvgIpc) is 2.74. The first-order chi connectivity index (χ1) is 14.5. The van der Waals surface area contributed by atoms with E-state index in [0.29, 0.717) is 13.2 Å². The van der Waals surface area contributed by atoms with Gasteiger partial charge in [-0.05, 0) is 37.5 Å². The Bertz CT molecular complexity index is 729. The SMILES string of the molecule is CCNC(=NCCC1=CCOCC1)N1CCN(Cc2ccc(C(F)(F)F)cc2)CC1.I. The van der Waals surface area contributed by atoms with Crippen molar-refractivity contribution in [2.75, 3.05) is 52.5 Å². The van der Waals surface area contributed by atoms with Gasteiger partial charge in [-0.15, -0.1) is 24.0 Å². The Morgan fingerprint density at radius 2 is 1.84 bits per heavy atom. The van der Waals surface area contributed by atoms with Crippen LogP contribution in [0.2, 0.25) is 0 Å². The molecule has 31 heavy (non-hydrogen) atoms. The summed E-state index contributed by atoms with van der Waals surface area (Å²) >= 11 is 0. The standard InChI is InChI=1S/C22H31F3N4O.HI/c1-2-26-21(27-10-7-18-8-15-30-16-9-18)29-13-11-28(12-14-29)17-19-3-5-20(6-4-19)22(23,24)25;/h3-6,8H,2,7,9-17H2,1H3,(H,26,27);1H. The maximum atomic E-state index is 12.7. The number of guanidine groups is 1. The van der Waals surface area contributed by atoms with Crippen molar-refractivity contribution < 1.29 is 17.9 Å². The van der Waals surface area contributed by atoms with E-state index in [1.54, 1.807) is 12.1 Å². The number of ether oxygens (including phenoxy) is 1. The summed E-state index contributed by atoms with van der Waals surface area (Å²) in [7, 11) is 0. The number of hydrogen-bond acceptors (Lipinski definition) is 3. The fourth-order valence-corrected chi connectivity index (χ4v) is 3.70. The second-order valence-electron chi connectivity index (χ2n) is 7.63. The van der Waals surface area contributed by atoms with E-state index in [0.717, 1.165) is 82.4 Å². The third-order valence-electron chi connectivity index (χ3n) is 5.45. The smallest absolute Gasteiger partial charge is 0.377 e. The minimum Gasteiger partial charge on any atom is -0.377 e. The first-order valence-corrected chi connectivity index (χ1v) is 10.6. The van der Waals surface area contributed by atoms with Crippen LogP contribution in [-0.2, 0) is 17.5 Å². The molecule has 1 aromatic rings. The summed E-state index contributed by atoms with van der Waals surface area (Å²) in [5, 5.41) is 3.38. The van der Waals surface area contributed by atoms with Gasteiger partial charge in [-0.1, -0.05) is 23.8 Å². The third kappa shape index (κ3) is 8.27. The number of alkyl halides is 3. The van der Waals surface area contributed by atoms with Crippen LogP contribution < -0.4 is 5.32 Å². The van der Waals surface area contributed by atoms with Crippen molar-refractivity contribution in [3.05, 3.63) is 47.0 Å². The fourth-order valence-electron chi connectivity index (χ4n) is 3.70. The molecule has 0 atom stereocenters. The molecular formula is C22H32F3IN4O. The summed E-state index contributed by atoms with van der Waals surface area (Å²) in [6.07, 6.45) is -0.166. The topological polar surface area (TPSA) is 40.1 Å². The van der Waals surface area contributed by atoms with Crippen LogP contribution in [0.1, 0.15) is 30.9 Å². The van der Waals surface area contributed by atoms with Crippen LogP contribution >= 0.6 is 24.0 Å². The van der Waals surface area contributed by atoms with Gasteiger partial charge in [0.2, 0.25) is 0 Å². The molecule has 9 heteroatoms. The van der Waals surface area contributed by atoms with Gasteiger partial charge in [-0.3, -0.25) is 9.89 Å². The zero-order chi connectivity index (χ0) is 21.4. The summed E-state index contributed by atoms with van der Waals surface area (Å²) < 4.78 is 43.5. The maximum Gasteiger partial charge on any atom is 0.416 e. The Hall–Kier alpha value is -1.33. The highest BCUT2D eigenvalue weighted by Gasteiger charge is 2.30. The van der Waals surface area contributed by atoms with Gasteiger partial charge in [-0.25, -0.2) is 0 Å². The van der Waals surface area contributed by atoms with Gasteiger partial charge in [0.1, 0.15) is 0 Å². The molecule has 2 aliphatic rings. The summed E-state index contributed by atoms with van der Waals surface area (Å²) in [6.45, 7) is 9.23. The Kier molecular flexibility index (Phi) is 10.6. The Morgan fingerprint density at radius 3 is 2.42 bits per heavy atom. The molecule has 0 radical (unpaired) electrons. The number of nitrogens with one attached hydrogen (secondary N) is 1. The van der Waals surface area contributed by atoms with Crippen LogP contribution in [-0.4, -0.2) is 68.2 Å². The summed E-state index contributed by atoms with van der Waals surface area (Å²) in [6, 6.07) is 5.47. The largest absolute Gasteiger partial charge is 0.416 e. The van der Waals surface area contributed by atoms with Gasteiger partial charge in [0.25, 0.3) is 0 Å². The number of aliphatic imine (C=N–C) groups is 1. The van der Waals surface area contributed by atoms with E-state index in [4.69, 9.17) is 9.73 Å². The third-order valence-corrected chi connectivity index (χ3v) is 5.45. The Balaban J connectivity index is 0.00000341. The van der Waals surface area contributed by atoms with Crippen LogP contribution in [0.25, 0.3) is 0 Å². The highest BCUT2D eigenvalue weighted by Crippen LogP contribution is 2.29. The van der Waals surface area contributed by atoms with E-state index in [1.165, 1.54) is 5.57 Å². The van der Waals surface area contributed by atoms with Gasteiger partial charge in [0.15, 0.2) is 5.96 Å². The van der Waals surface area contributed by atoms with Crippen LogP contribution in [0, 0.1) is 0 Å². The molecule has 0 amide bonds. The zero-order valence-corrected chi connectivity index (χ0v) is 20.3. The average molecular weight is 552 g/mol. The van der Waals surface area contributed by atoms with Gasteiger partial charge in [-0.2, -0.15) is 13.2 Å². The van der Waals surface area contributed by atoms with E-state index in [2.05, 4.69) is 28.1 Å². The fraction of sp³-hybridized carbons (Fsp3) is 0.591. The molecule has 174 valence electrons. The Morgan fingerprint density at radius 1 is 1.13 bits per heavy atom. The van der Waals surface area contributed by atoms with E-state index >= 15 is 0 Å². The highest BCUT2D eigenvalue weighted by atomic mass is 127. The highest BCUT2D eigenvalue weighted by molar-refractivity contribution is 14.0. The van der Waals surface area contributed by atoms with Crippen LogP contribution in [0.15, 0.2) is 40.9 Å². The number of hydrogen-bond donors (Lipinski definition) is 1. The lowest BCUT2D eigenvalue weighted by Gasteiger charge is -2.36. The molecule has 1 fully saturated rings. The van der Waals surface area contributed by atoms with Crippen molar-refractivity contribution in [1.82, 2.24) is 15.1 Å². The van der Waals surface area contributed by atoms with Crippen molar-refractivity contribution in [3.8, 4) is 0 Å². The summed E-state index contributed by atoms with van der Waals surface area (Å²) in [5.74, 6) is 0.944. The normalized spacial score (nSPS) is 18.4. The van der Waals surface area contributed by atoms with Crippen LogP contribution in [0.5, 0.6) is 0 Å². The molecular weight excluding hydrogens is 520 g/mol. The molecule has 5 nitrogen and oxygen atoms in total. The number of nitrogens with zero attached hydrogens (tertiary/aromatic N) is 3. The van der Waals surface area contributed by atoms with E-state index in [9.17, 15) is 13.2 Å². The van der Waals surface area contributed by atoms with Crippen molar-refractivity contribution >= 4 is 29.9 Å². The second kappa shape index (κ2) is 12.6. The predicted octanol–water partition coefficient (Wildman–Crippen LogP) is 4.14. The monoisotopic (exact) mass is 552 g/mol. The predicted molar refractivity (Wildman–Crippen MR) is 128 cm³/mol. The van der Waals surface area contributed by atoms with Gasteiger partial charge < -0.3 is 15.0 Å². The van der Waals surface area contributed by atoms with Crippen molar-refractivity contribution in [3.63, 3.8) is 0 Å². The quantitative estimate of drug-likeness (QED) is 0.249. The first kappa shape index (κ1) is 25.9. The van der Waals surface area contributed by atoms with E-state index in [-0.39, 0.29) is 24.0 Å². The van der Waals surface area contributed by atoms with Crippen molar-refractivity contribution in [1.29, 1.82) is 0 Å². The molecule has 0 aromatic heterocycles. The lowest BCUT2D eigenvalue weighted by molar-refractivity contribution is -0.137. The zero-order valence-electron chi connectivity index (χ0n) is 18.0. The molecule has 1 saturated heterocycles. The minimum absolute atomic E-state index is 0. The van der Waals surface area contributed by atoms with Gasteiger partial charge >= 0.3 is 6.18 Å². The number of halogens is 4. The number of rotatable bonds is 6. The molecule has 0 unspecified atom stereocenters. The van der Waals surface area contributed by atoms with Gasteiger partial charge in [0, 0.05) is 45.8 Å². The molecule has 0 spiro atoms. The molecule has 1 aromatic carbocycles. The van der Waals surface area contributed by atoms with Crippen LogP contribution in [0.4, 0.5) is 13.2 Å².